The van der Waals surface area contributed by atoms with Crippen molar-refractivity contribution >= 4 is 5.78 Å². The van der Waals surface area contributed by atoms with Crippen molar-refractivity contribution in [2.24, 2.45) is 0 Å². The first-order valence-corrected chi connectivity index (χ1v) is 6.60. The SMILES string of the molecule is C=CC#N.C=CC=C.O=C(c1ccccc1)c1ccccc1. The summed E-state index contributed by atoms with van der Waals surface area (Å²) in [5.74, 6) is 0.0752. The van der Waals surface area contributed by atoms with Crippen molar-refractivity contribution in [2.75, 3.05) is 0 Å². The Hall–Kier alpha value is -3.18. The first kappa shape index (κ1) is 18.8. The average Bonchev–Trinajstić information content (AvgIpc) is 2.63. The van der Waals surface area contributed by atoms with Gasteiger partial charge in [-0.1, -0.05) is 92.6 Å². The van der Waals surface area contributed by atoms with Crippen molar-refractivity contribution in [2.45, 2.75) is 0 Å². The molecule has 0 radical (unpaired) electrons. The van der Waals surface area contributed by atoms with Crippen LogP contribution in [-0.2, 0) is 0 Å². The summed E-state index contributed by atoms with van der Waals surface area (Å²) in [6.07, 6.45) is 4.46. The number of ketones is 1. The average molecular weight is 289 g/mol. The van der Waals surface area contributed by atoms with Gasteiger partial charge in [0.1, 0.15) is 0 Å². The number of carbonyl (C=O) groups excluding carboxylic acids is 1. The van der Waals surface area contributed by atoms with E-state index in [1.165, 1.54) is 6.08 Å². The third kappa shape index (κ3) is 8.08. The lowest BCUT2D eigenvalue weighted by Crippen LogP contribution is -1.99. The highest BCUT2D eigenvalue weighted by Gasteiger charge is 2.06. The van der Waals surface area contributed by atoms with Gasteiger partial charge in [-0.25, -0.2) is 0 Å². The van der Waals surface area contributed by atoms with E-state index in [0.29, 0.717) is 0 Å². The minimum atomic E-state index is 0.0752. The van der Waals surface area contributed by atoms with Crippen molar-refractivity contribution in [1.82, 2.24) is 0 Å². The third-order valence-corrected chi connectivity index (χ3v) is 2.33. The van der Waals surface area contributed by atoms with Crippen LogP contribution >= 0.6 is 0 Å². The lowest BCUT2D eigenvalue weighted by molar-refractivity contribution is 0.103. The van der Waals surface area contributed by atoms with E-state index in [2.05, 4.69) is 19.7 Å². The second kappa shape index (κ2) is 12.8. The Balaban J connectivity index is 0.000000464. The summed E-state index contributed by atoms with van der Waals surface area (Å²) in [6, 6.07) is 20.3. The van der Waals surface area contributed by atoms with Gasteiger partial charge in [0.25, 0.3) is 0 Å². The molecule has 0 aliphatic heterocycles. The fourth-order valence-electron chi connectivity index (χ4n) is 1.35. The predicted molar refractivity (Wildman–Crippen MR) is 92.5 cm³/mol. The highest BCUT2D eigenvalue weighted by Crippen LogP contribution is 2.08. The lowest BCUT2D eigenvalue weighted by Gasteiger charge is -1.99. The minimum absolute atomic E-state index is 0.0752. The summed E-state index contributed by atoms with van der Waals surface area (Å²) in [6.45, 7) is 9.84. The van der Waals surface area contributed by atoms with E-state index in [-0.39, 0.29) is 5.78 Å². The largest absolute Gasteiger partial charge is 0.289 e. The van der Waals surface area contributed by atoms with Gasteiger partial charge in [0, 0.05) is 17.2 Å². The Morgan fingerprint density at radius 1 is 0.818 bits per heavy atom. The highest BCUT2D eigenvalue weighted by molar-refractivity contribution is 6.08. The van der Waals surface area contributed by atoms with Crippen molar-refractivity contribution < 1.29 is 4.79 Å². The molecule has 2 aromatic rings. The third-order valence-electron chi connectivity index (χ3n) is 2.33. The molecule has 2 rings (SSSR count). The molecule has 0 heterocycles. The van der Waals surface area contributed by atoms with Gasteiger partial charge in [0.15, 0.2) is 5.78 Å². The summed E-state index contributed by atoms with van der Waals surface area (Å²) in [7, 11) is 0. The monoisotopic (exact) mass is 289 g/mol. The molecule has 0 bridgehead atoms. The van der Waals surface area contributed by atoms with Gasteiger partial charge in [-0.2, -0.15) is 5.26 Å². The Bertz CT molecular complexity index is 574. The van der Waals surface area contributed by atoms with Gasteiger partial charge in [-0.3, -0.25) is 4.79 Å². The van der Waals surface area contributed by atoms with Crippen LogP contribution in [0.2, 0.25) is 0 Å². The van der Waals surface area contributed by atoms with Gasteiger partial charge in [0.05, 0.1) is 6.07 Å². The molecule has 0 atom stereocenters. The van der Waals surface area contributed by atoms with Gasteiger partial charge >= 0.3 is 0 Å². The Morgan fingerprint density at radius 3 is 1.36 bits per heavy atom. The van der Waals surface area contributed by atoms with E-state index in [1.807, 2.05) is 60.7 Å². The van der Waals surface area contributed by atoms with E-state index in [4.69, 9.17) is 5.26 Å². The maximum Gasteiger partial charge on any atom is 0.193 e. The zero-order valence-corrected chi connectivity index (χ0v) is 12.5. The number of nitriles is 1. The zero-order chi connectivity index (χ0) is 16.6. The first-order chi connectivity index (χ1) is 10.7. The molecule has 110 valence electrons. The van der Waals surface area contributed by atoms with Gasteiger partial charge in [-0.05, 0) is 0 Å². The zero-order valence-electron chi connectivity index (χ0n) is 12.5. The van der Waals surface area contributed by atoms with Crippen molar-refractivity contribution in [3.63, 3.8) is 0 Å². The van der Waals surface area contributed by atoms with E-state index in [0.717, 1.165) is 11.1 Å². The van der Waals surface area contributed by atoms with Crippen LogP contribution in [0.25, 0.3) is 0 Å². The van der Waals surface area contributed by atoms with E-state index >= 15 is 0 Å². The molecular weight excluding hydrogens is 270 g/mol. The molecule has 0 saturated heterocycles. The molecule has 2 aromatic carbocycles. The van der Waals surface area contributed by atoms with Crippen molar-refractivity contribution in [3.8, 4) is 6.07 Å². The quantitative estimate of drug-likeness (QED) is 0.454. The standard InChI is InChI=1S/C13H10O.C4H6.C3H3N/c14-13(11-7-3-1-4-8-11)12-9-5-2-6-10-12;1-3-4-2;1-2-3-4/h1-10H;3-4H,1-2H2;2H,1H2. The maximum absolute atomic E-state index is 11.8. The van der Waals surface area contributed by atoms with Crippen LogP contribution in [0.15, 0.2) is 98.6 Å². The topological polar surface area (TPSA) is 40.9 Å². The molecule has 0 aliphatic rings. The fraction of sp³-hybridized carbons (Fsp3) is 0. The molecule has 0 N–H and O–H groups in total. The molecule has 0 aromatic heterocycles. The number of hydrogen-bond donors (Lipinski definition) is 0. The fourth-order valence-corrected chi connectivity index (χ4v) is 1.35. The molecule has 0 saturated carbocycles. The molecule has 0 spiro atoms. The molecule has 0 amide bonds. The molecule has 22 heavy (non-hydrogen) atoms. The van der Waals surface area contributed by atoms with Gasteiger partial charge in [-0.15, -0.1) is 0 Å². The van der Waals surface area contributed by atoms with Crippen LogP contribution < -0.4 is 0 Å². The second-order valence-electron chi connectivity index (χ2n) is 3.87. The normalized spacial score (nSPS) is 7.77. The lowest BCUT2D eigenvalue weighted by atomic mass is 10.0. The van der Waals surface area contributed by atoms with Gasteiger partial charge in [0.2, 0.25) is 0 Å². The molecule has 2 heteroatoms. The Kier molecular flexibility index (Phi) is 11.0. The summed E-state index contributed by atoms with van der Waals surface area (Å²) in [5.41, 5.74) is 1.47. The number of nitrogens with zero attached hydrogens (tertiary/aromatic N) is 1. The number of allylic oxidation sites excluding steroid dienone is 3. The number of rotatable bonds is 3. The van der Waals surface area contributed by atoms with Crippen LogP contribution in [0.4, 0.5) is 0 Å². The van der Waals surface area contributed by atoms with E-state index in [9.17, 15) is 4.79 Å². The van der Waals surface area contributed by atoms with Crippen LogP contribution in [-0.4, -0.2) is 5.78 Å². The number of carbonyl (C=O) groups is 1. The van der Waals surface area contributed by atoms with Crippen LogP contribution in [0.3, 0.4) is 0 Å². The summed E-state index contributed by atoms with van der Waals surface area (Å²) in [5, 5.41) is 7.51. The molecule has 2 nitrogen and oxygen atoms in total. The van der Waals surface area contributed by atoms with Crippen LogP contribution in [0.5, 0.6) is 0 Å². The van der Waals surface area contributed by atoms with Gasteiger partial charge < -0.3 is 0 Å². The summed E-state index contributed by atoms with van der Waals surface area (Å²) >= 11 is 0. The molecule has 0 unspecified atom stereocenters. The van der Waals surface area contributed by atoms with Crippen LogP contribution in [0, 0.1) is 11.3 Å². The first-order valence-electron chi connectivity index (χ1n) is 6.60. The van der Waals surface area contributed by atoms with E-state index in [1.54, 1.807) is 18.2 Å². The van der Waals surface area contributed by atoms with Crippen molar-refractivity contribution in [3.05, 3.63) is 110 Å². The van der Waals surface area contributed by atoms with Crippen LogP contribution in [0.1, 0.15) is 15.9 Å². The minimum Gasteiger partial charge on any atom is -0.289 e. The predicted octanol–water partition coefficient (Wildman–Crippen LogP) is 4.97. The number of benzene rings is 2. The smallest absolute Gasteiger partial charge is 0.193 e. The Labute approximate surface area is 132 Å². The highest BCUT2D eigenvalue weighted by atomic mass is 16.1. The van der Waals surface area contributed by atoms with E-state index < -0.39 is 0 Å². The molecular formula is C20H19NO. The maximum atomic E-state index is 11.8. The summed E-state index contributed by atoms with van der Waals surface area (Å²) in [4.78, 5) is 11.8. The second-order valence-corrected chi connectivity index (χ2v) is 3.87. The Morgan fingerprint density at radius 2 is 1.14 bits per heavy atom. The summed E-state index contributed by atoms with van der Waals surface area (Å²) < 4.78 is 0. The number of hydrogen-bond acceptors (Lipinski definition) is 2. The molecule has 0 aliphatic carbocycles. The molecule has 0 fully saturated rings. The van der Waals surface area contributed by atoms with Crippen molar-refractivity contribution in [1.29, 1.82) is 5.26 Å².